The number of ketones is 1. The number of benzene rings is 1. The second kappa shape index (κ2) is 6.91. The molecule has 23 heavy (non-hydrogen) atoms. The summed E-state index contributed by atoms with van der Waals surface area (Å²) in [6, 6.07) is 6.21. The highest BCUT2D eigenvalue weighted by atomic mass is 16.5. The van der Waals surface area contributed by atoms with Crippen LogP contribution in [0, 0.1) is 0 Å². The van der Waals surface area contributed by atoms with Crippen molar-refractivity contribution < 1.29 is 9.53 Å². The second-order valence-electron chi connectivity index (χ2n) is 7.02. The van der Waals surface area contributed by atoms with E-state index in [9.17, 15) is 4.79 Å². The first-order chi connectivity index (χ1) is 11.1. The molecule has 3 rings (SSSR count). The Balaban J connectivity index is 1.72. The summed E-state index contributed by atoms with van der Waals surface area (Å²) >= 11 is 0. The first kappa shape index (κ1) is 16.3. The minimum atomic E-state index is -0.0837. The number of ether oxygens (including phenoxy) is 1. The molecule has 2 atom stereocenters. The fraction of sp³-hybridized carbons (Fsp3) is 0.632. The van der Waals surface area contributed by atoms with Gasteiger partial charge in [0.1, 0.15) is 11.9 Å². The lowest BCUT2D eigenvalue weighted by atomic mass is 9.92. The molecule has 2 unspecified atom stereocenters. The highest BCUT2D eigenvalue weighted by molar-refractivity contribution is 6.01. The molecule has 1 N–H and O–H groups in total. The maximum atomic E-state index is 12.9. The average Bonchev–Trinajstić information content (AvgIpc) is 2.60. The molecule has 1 aromatic carbocycles. The van der Waals surface area contributed by atoms with E-state index in [2.05, 4.69) is 17.3 Å². The normalized spacial score (nSPS) is 22.9. The average molecular weight is 316 g/mol. The molecule has 0 amide bonds. The van der Waals surface area contributed by atoms with Gasteiger partial charge in [-0.05, 0) is 51.9 Å². The molecule has 1 aliphatic heterocycles. The number of nitrogens with zero attached hydrogens (tertiary/aromatic N) is 1. The van der Waals surface area contributed by atoms with Crippen LogP contribution in [0.2, 0.25) is 0 Å². The van der Waals surface area contributed by atoms with Crippen molar-refractivity contribution in [3.8, 4) is 5.75 Å². The van der Waals surface area contributed by atoms with Gasteiger partial charge >= 0.3 is 0 Å². The van der Waals surface area contributed by atoms with E-state index >= 15 is 0 Å². The Morgan fingerprint density at radius 2 is 2.04 bits per heavy atom. The number of fused-ring (bicyclic) bond motifs is 1. The monoisotopic (exact) mass is 316 g/mol. The van der Waals surface area contributed by atoms with Gasteiger partial charge in [0.15, 0.2) is 5.78 Å². The molecule has 1 fully saturated rings. The van der Waals surface area contributed by atoms with E-state index in [1.807, 2.05) is 32.0 Å². The van der Waals surface area contributed by atoms with Crippen LogP contribution < -0.4 is 10.1 Å². The van der Waals surface area contributed by atoms with Crippen molar-refractivity contribution in [2.45, 2.75) is 64.1 Å². The van der Waals surface area contributed by atoms with E-state index in [0.29, 0.717) is 6.04 Å². The SMILES string of the molecule is CC1CNc2cc(C(=O)C(C)N(C)C3CCCCC3)ccc2O1. The van der Waals surface area contributed by atoms with Crippen molar-refractivity contribution >= 4 is 11.5 Å². The van der Waals surface area contributed by atoms with Crippen molar-refractivity contribution in [1.82, 2.24) is 4.90 Å². The summed E-state index contributed by atoms with van der Waals surface area (Å²) in [5.74, 6) is 1.04. The van der Waals surface area contributed by atoms with Crippen molar-refractivity contribution in [2.24, 2.45) is 0 Å². The number of likely N-dealkylation sites (N-methyl/N-ethyl adjacent to an activating group) is 1. The lowest BCUT2D eigenvalue weighted by Gasteiger charge is -2.35. The van der Waals surface area contributed by atoms with E-state index in [1.165, 1.54) is 32.1 Å². The quantitative estimate of drug-likeness (QED) is 0.860. The van der Waals surface area contributed by atoms with Gasteiger partial charge in [-0.2, -0.15) is 0 Å². The first-order valence-electron chi connectivity index (χ1n) is 8.87. The Labute approximate surface area is 139 Å². The molecule has 0 bridgehead atoms. The summed E-state index contributed by atoms with van der Waals surface area (Å²) < 4.78 is 5.79. The molecule has 4 heteroatoms. The van der Waals surface area contributed by atoms with Crippen LogP contribution in [0.15, 0.2) is 18.2 Å². The lowest BCUT2D eigenvalue weighted by Crippen LogP contribution is -2.44. The summed E-state index contributed by atoms with van der Waals surface area (Å²) in [6.07, 6.45) is 6.50. The zero-order valence-corrected chi connectivity index (χ0v) is 14.5. The third kappa shape index (κ3) is 3.52. The molecule has 0 aromatic heterocycles. The number of rotatable bonds is 4. The Kier molecular flexibility index (Phi) is 4.90. The first-order valence-corrected chi connectivity index (χ1v) is 8.87. The molecular weight excluding hydrogens is 288 g/mol. The Bertz CT molecular complexity index is 566. The van der Waals surface area contributed by atoms with E-state index < -0.39 is 0 Å². The number of hydrogen-bond donors (Lipinski definition) is 1. The van der Waals surface area contributed by atoms with E-state index in [0.717, 1.165) is 23.5 Å². The summed E-state index contributed by atoms with van der Waals surface area (Å²) in [4.78, 5) is 15.1. The van der Waals surface area contributed by atoms with E-state index in [-0.39, 0.29) is 17.9 Å². The van der Waals surface area contributed by atoms with Crippen molar-refractivity contribution in [3.63, 3.8) is 0 Å². The van der Waals surface area contributed by atoms with Crippen LogP contribution in [0.3, 0.4) is 0 Å². The van der Waals surface area contributed by atoms with Gasteiger partial charge in [-0.15, -0.1) is 0 Å². The summed E-state index contributed by atoms with van der Waals surface area (Å²) in [7, 11) is 2.10. The number of carbonyl (C=O) groups excluding carboxylic acids is 1. The van der Waals surface area contributed by atoms with Crippen molar-refractivity contribution in [2.75, 3.05) is 18.9 Å². The Hall–Kier alpha value is -1.55. The minimum absolute atomic E-state index is 0.0837. The second-order valence-corrected chi connectivity index (χ2v) is 7.02. The largest absolute Gasteiger partial charge is 0.487 e. The smallest absolute Gasteiger partial charge is 0.179 e. The summed E-state index contributed by atoms with van der Waals surface area (Å²) in [5, 5.41) is 3.35. The number of anilines is 1. The molecule has 1 aromatic rings. The number of carbonyl (C=O) groups is 1. The van der Waals surface area contributed by atoms with Crippen LogP contribution in [0.25, 0.3) is 0 Å². The third-order valence-corrected chi connectivity index (χ3v) is 5.31. The highest BCUT2D eigenvalue weighted by Gasteiger charge is 2.27. The molecular formula is C19H28N2O2. The van der Waals surface area contributed by atoms with Gasteiger partial charge in [0.05, 0.1) is 18.3 Å². The van der Waals surface area contributed by atoms with Crippen LogP contribution in [0.5, 0.6) is 5.75 Å². The number of Topliss-reactive ketones (excluding diaryl/α,β-unsaturated/α-hetero) is 1. The van der Waals surface area contributed by atoms with Crippen LogP contribution in [-0.4, -0.2) is 42.5 Å². The molecule has 0 spiro atoms. The van der Waals surface area contributed by atoms with Gasteiger partial charge in [-0.1, -0.05) is 19.3 Å². The molecule has 1 saturated carbocycles. The summed E-state index contributed by atoms with van der Waals surface area (Å²) in [5.41, 5.74) is 1.70. The lowest BCUT2D eigenvalue weighted by molar-refractivity contribution is 0.0778. The van der Waals surface area contributed by atoms with Gasteiger partial charge in [0, 0.05) is 11.6 Å². The minimum Gasteiger partial charge on any atom is -0.487 e. The van der Waals surface area contributed by atoms with Gasteiger partial charge in [0.2, 0.25) is 0 Å². The maximum Gasteiger partial charge on any atom is 0.179 e. The standard InChI is InChI=1S/C19H28N2O2/c1-13-12-20-17-11-15(9-10-18(17)23-13)19(22)14(2)21(3)16-7-5-4-6-8-16/h9-11,13-14,16,20H,4-8,12H2,1-3H3. The van der Waals surface area contributed by atoms with Crippen molar-refractivity contribution in [1.29, 1.82) is 0 Å². The van der Waals surface area contributed by atoms with Gasteiger partial charge < -0.3 is 10.1 Å². The zero-order valence-electron chi connectivity index (χ0n) is 14.5. The molecule has 4 nitrogen and oxygen atoms in total. The van der Waals surface area contributed by atoms with Gasteiger partial charge in [-0.3, -0.25) is 9.69 Å². The third-order valence-electron chi connectivity index (χ3n) is 5.31. The molecule has 2 aliphatic rings. The molecule has 126 valence electrons. The topological polar surface area (TPSA) is 41.6 Å². The van der Waals surface area contributed by atoms with Crippen LogP contribution >= 0.6 is 0 Å². The van der Waals surface area contributed by atoms with E-state index in [1.54, 1.807) is 0 Å². The van der Waals surface area contributed by atoms with Crippen LogP contribution in [0.1, 0.15) is 56.3 Å². The predicted octanol–water partition coefficient (Wildman–Crippen LogP) is 3.72. The van der Waals surface area contributed by atoms with Crippen molar-refractivity contribution in [3.05, 3.63) is 23.8 Å². The maximum absolute atomic E-state index is 12.9. The van der Waals surface area contributed by atoms with Crippen LogP contribution in [-0.2, 0) is 0 Å². The fourth-order valence-corrected chi connectivity index (χ4v) is 3.67. The Morgan fingerprint density at radius 1 is 1.30 bits per heavy atom. The molecule has 1 heterocycles. The van der Waals surface area contributed by atoms with Gasteiger partial charge in [-0.25, -0.2) is 0 Å². The highest BCUT2D eigenvalue weighted by Crippen LogP contribution is 2.31. The predicted molar refractivity (Wildman–Crippen MR) is 93.5 cm³/mol. The molecule has 1 aliphatic carbocycles. The fourth-order valence-electron chi connectivity index (χ4n) is 3.67. The summed E-state index contributed by atoms with van der Waals surface area (Å²) in [6.45, 7) is 4.85. The van der Waals surface area contributed by atoms with Gasteiger partial charge in [0.25, 0.3) is 0 Å². The molecule has 0 radical (unpaired) electrons. The number of nitrogens with one attached hydrogen (secondary N) is 1. The Morgan fingerprint density at radius 3 is 2.78 bits per heavy atom. The number of hydrogen-bond acceptors (Lipinski definition) is 4. The van der Waals surface area contributed by atoms with E-state index in [4.69, 9.17) is 4.74 Å². The molecule has 0 saturated heterocycles. The van der Waals surface area contributed by atoms with Crippen LogP contribution in [0.4, 0.5) is 5.69 Å². The zero-order chi connectivity index (χ0) is 16.4.